The molecule has 0 radical (unpaired) electrons. The van der Waals surface area contributed by atoms with E-state index < -0.39 is 0 Å². The molecular formula is C18H27NO. The topological polar surface area (TPSA) is 25.2 Å². The van der Waals surface area contributed by atoms with Crippen LogP contribution in [0.15, 0.2) is 22.8 Å². The van der Waals surface area contributed by atoms with Crippen LogP contribution in [0, 0.1) is 6.92 Å². The van der Waals surface area contributed by atoms with Gasteiger partial charge in [-0.05, 0) is 55.5 Å². The summed E-state index contributed by atoms with van der Waals surface area (Å²) in [5, 5.41) is 4.74. The van der Waals surface area contributed by atoms with Gasteiger partial charge >= 0.3 is 0 Å². The van der Waals surface area contributed by atoms with Gasteiger partial charge in [-0.15, -0.1) is 0 Å². The molecular weight excluding hydrogens is 246 g/mol. The molecule has 0 aliphatic rings. The van der Waals surface area contributed by atoms with Crippen LogP contribution >= 0.6 is 0 Å². The molecule has 110 valence electrons. The van der Waals surface area contributed by atoms with Crippen molar-refractivity contribution in [1.29, 1.82) is 0 Å². The predicted octanol–water partition coefficient (Wildman–Crippen LogP) is 4.58. The molecule has 2 nitrogen and oxygen atoms in total. The molecule has 1 aromatic carbocycles. The van der Waals surface area contributed by atoms with Crippen molar-refractivity contribution in [1.82, 2.24) is 5.32 Å². The molecule has 2 rings (SSSR count). The average Bonchev–Trinajstić information content (AvgIpc) is 2.75. The minimum atomic E-state index is 0.111. The lowest BCUT2D eigenvalue weighted by molar-refractivity contribution is 0.556. The summed E-state index contributed by atoms with van der Waals surface area (Å²) in [5.74, 6) is 0. The zero-order valence-electron chi connectivity index (χ0n) is 13.5. The molecule has 0 aliphatic heterocycles. The van der Waals surface area contributed by atoms with Crippen LogP contribution < -0.4 is 5.32 Å². The van der Waals surface area contributed by atoms with Crippen molar-refractivity contribution >= 4 is 11.0 Å². The van der Waals surface area contributed by atoms with Crippen molar-refractivity contribution in [2.75, 3.05) is 13.1 Å². The summed E-state index contributed by atoms with van der Waals surface area (Å²) in [5.41, 5.74) is 5.11. The summed E-state index contributed by atoms with van der Waals surface area (Å²) in [6, 6.07) is 4.51. The molecule has 1 heterocycles. The maximum absolute atomic E-state index is 5.89. The molecule has 0 unspecified atom stereocenters. The van der Waals surface area contributed by atoms with Gasteiger partial charge in [0.15, 0.2) is 0 Å². The van der Waals surface area contributed by atoms with E-state index in [1.54, 1.807) is 0 Å². The van der Waals surface area contributed by atoms with Crippen LogP contribution in [-0.4, -0.2) is 13.1 Å². The third kappa shape index (κ3) is 3.24. The summed E-state index contributed by atoms with van der Waals surface area (Å²) in [6.45, 7) is 13.2. The second-order valence-corrected chi connectivity index (χ2v) is 6.70. The summed E-state index contributed by atoms with van der Waals surface area (Å²) < 4.78 is 5.89. The van der Waals surface area contributed by atoms with Gasteiger partial charge in [0.25, 0.3) is 0 Å². The number of fused-ring (bicyclic) bond motifs is 1. The average molecular weight is 273 g/mol. The van der Waals surface area contributed by atoms with E-state index in [1.165, 1.54) is 28.5 Å². The predicted molar refractivity (Wildman–Crippen MR) is 86.5 cm³/mol. The zero-order chi connectivity index (χ0) is 14.8. The normalized spacial score (nSPS) is 12.2. The summed E-state index contributed by atoms with van der Waals surface area (Å²) in [7, 11) is 0. The van der Waals surface area contributed by atoms with E-state index in [-0.39, 0.29) is 5.41 Å². The highest BCUT2D eigenvalue weighted by Gasteiger charge is 2.20. The number of furan rings is 1. The lowest BCUT2D eigenvalue weighted by Gasteiger charge is -2.20. The number of rotatable bonds is 5. The molecule has 2 aromatic rings. The maximum Gasteiger partial charge on any atom is 0.137 e. The second kappa shape index (κ2) is 6.01. The summed E-state index contributed by atoms with van der Waals surface area (Å²) in [6.07, 6.45) is 4.15. The van der Waals surface area contributed by atoms with Crippen molar-refractivity contribution < 1.29 is 4.42 Å². The fraction of sp³-hybridized carbons (Fsp3) is 0.556. The molecule has 0 amide bonds. The maximum atomic E-state index is 5.89. The number of aryl methyl sites for hydroxylation is 1. The second-order valence-electron chi connectivity index (χ2n) is 6.70. The minimum absolute atomic E-state index is 0.111. The molecule has 0 fully saturated rings. The van der Waals surface area contributed by atoms with E-state index in [2.05, 4.69) is 52.1 Å². The lowest BCUT2D eigenvalue weighted by Crippen LogP contribution is -2.17. The molecule has 0 atom stereocenters. The van der Waals surface area contributed by atoms with Crippen LogP contribution in [0.2, 0.25) is 0 Å². The van der Waals surface area contributed by atoms with E-state index in [0.29, 0.717) is 0 Å². The third-order valence-electron chi connectivity index (χ3n) is 3.70. The Labute approximate surface area is 122 Å². The van der Waals surface area contributed by atoms with Crippen LogP contribution in [0.3, 0.4) is 0 Å². The third-order valence-corrected chi connectivity index (χ3v) is 3.70. The molecule has 1 aromatic heterocycles. The minimum Gasteiger partial charge on any atom is -0.464 e. The van der Waals surface area contributed by atoms with Crippen molar-refractivity contribution in [2.45, 2.75) is 52.9 Å². The SMILES string of the molecule is CCCNCCc1coc2c(C(C)(C)C)cc(C)cc12. The van der Waals surface area contributed by atoms with Gasteiger partial charge in [-0.3, -0.25) is 0 Å². The van der Waals surface area contributed by atoms with E-state index in [1.807, 2.05) is 6.26 Å². The van der Waals surface area contributed by atoms with Crippen LogP contribution in [0.1, 0.15) is 50.8 Å². The lowest BCUT2D eigenvalue weighted by atomic mass is 9.84. The van der Waals surface area contributed by atoms with Gasteiger partial charge in [-0.1, -0.05) is 33.8 Å². The first-order valence-corrected chi connectivity index (χ1v) is 7.65. The fourth-order valence-corrected chi connectivity index (χ4v) is 2.61. The van der Waals surface area contributed by atoms with Gasteiger partial charge in [0, 0.05) is 10.9 Å². The summed E-state index contributed by atoms with van der Waals surface area (Å²) >= 11 is 0. The van der Waals surface area contributed by atoms with Gasteiger partial charge in [-0.2, -0.15) is 0 Å². The first-order chi connectivity index (χ1) is 9.43. The van der Waals surface area contributed by atoms with Crippen molar-refractivity contribution in [3.63, 3.8) is 0 Å². The number of nitrogens with one attached hydrogen (secondary N) is 1. The van der Waals surface area contributed by atoms with Crippen molar-refractivity contribution in [3.8, 4) is 0 Å². The van der Waals surface area contributed by atoms with Gasteiger partial charge < -0.3 is 9.73 Å². The van der Waals surface area contributed by atoms with Gasteiger partial charge in [0.1, 0.15) is 5.58 Å². The Kier molecular flexibility index (Phi) is 4.54. The molecule has 20 heavy (non-hydrogen) atoms. The van der Waals surface area contributed by atoms with Crippen LogP contribution in [-0.2, 0) is 11.8 Å². The highest BCUT2D eigenvalue weighted by Crippen LogP contribution is 2.33. The Hall–Kier alpha value is -1.28. The number of hydrogen-bond donors (Lipinski definition) is 1. The molecule has 0 saturated carbocycles. The fourth-order valence-electron chi connectivity index (χ4n) is 2.61. The van der Waals surface area contributed by atoms with Crippen LogP contribution in [0.4, 0.5) is 0 Å². The standard InChI is InChI=1S/C18H27NO/c1-6-8-19-9-7-14-12-20-17-15(14)10-13(2)11-16(17)18(3,4)5/h10-12,19H,6-9H2,1-5H3. The molecule has 0 saturated heterocycles. The summed E-state index contributed by atoms with van der Waals surface area (Å²) in [4.78, 5) is 0. The Morgan fingerprint density at radius 2 is 1.90 bits per heavy atom. The molecule has 0 bridgehead atoms. The van der Waals surface area contributed by atoms with Crippen LogP contribution in [0.5, 0.6) is 0 Å². The van der Waals surface area contributed by atoms with E-state index in [9.17, 15) is 0 Å². The Morgan fingerprint density at radius 1 is 1.15 bits per heavy atom. The van der Waals surface area contributed by atoms with Crippen molar-refractivity contribution in [2.24, 2.45) is 0 Å². The Balaban J connectivity index is 2.33. The van der Waals surface area contributed by atoms with Gasteiger partial charge in [0.2, 0.25) is 0 Å². The van der Waals surface area contributed by atoms with E-state index in [0.717, 1.165) is 25.1 Å². The molecule has 0 spiro atoms. The zero-order valence-corrected chi connectivity index (χ0v) is 13.5. The molecule has 1 N–H and O–H groups in total. The van der Waals surface area contributed by atoms with Crippen LogP contribution in [0.25, 0.3) is 11.0 Å². The van der Waals surface area contributed by atoms with Gasteiger partial charge in [0.05, 0.1) is 6.26 Å². The quantitative estimate of drug-likeness (QED) is 0.807. The number of hydrogen-bond acceptors (Lipinski definition) is 2. The van der Waals surface area contributed by atoms with Gasteiger partial charge in [-0.25, -0.2) is 0 Å². The monoisotopic (exact) mass is 273 g/mol. The number of benzene rings is 1. The highest BCUT2D eigenvalue weighted by molar-refractivity contribution is 5.85. The van der Waals surface area contributed by atoms with Crippen molar-refractivity contribution in [3.05, 3.63) is 35.1 Å². The Morgan fingerprint density at radius 3 is 2.55 bits per heavy atom. The van der Waals surface area contributed by atoms with E-state index in [4.69, 9.17) is 4.42 Å². The molecule has 0 aliphatic carbocycles. The first kappa shape index (κ1) is 15.1. The smallest absolute Gasteiger partial charge is 0.137 e. The Bertz CT molecular complexity index is 575. The molecule has 2 heteroatoms. The first-order valence-electron chi connectivity index (χ1n) is 7.65. The van der Waals surface area contributed by atoms with E-state index >= 15 is 0 Å². The largest absolute Gasteiger partial charge is 0.464 e. The highest BCUT2D eigenvalue weighted by atomic mass is 16.3.